The third-order valence-corrected chi connectivity index (χ3v) is 1.88. The number of rotatable bonds is 4. The SMILES string of the molecule is C[CH-]C(C)CC(C)[CH-]C.[CH2-]C.[Y].[Y]. The maximum absolute atomic E-state index is 3.25. The van der Waals surface area contributed by atoms with Crippen molar-refractivity contribution in [3.05, 3.63) is 19.8 Å². The van der Waals surface area contributed by atoms with Crippen LogP contribution in [0.5, 0.6) is 0 Å². The maximum Gasteiger partial charge on any atom is 0 e. The van der Waals surface area contributed by atoms with Gasteiger partial charge >= 0.3 is 0 Å². The van der Waals surface area contributed by atoms with Crippen LogP contribution in [0.1, 0.15) is 41.0 Å². The van der Waals surface area contributed by atoms with Crippen molar-refractivity contribution in [2.24, 2.45) is 11.8 Å². The molecule has 0 aliphatic carbocycles. The minimum atomic E-state index is 0. The molecule has 2 atom stereocenters. The van der Waals surface area contributed by atoms with E-state index < -0.39 is 0 Å². The summed E-state index contributed by atoms with van der Waals surface area (Å²) in [6, 6.07) is 0. The van der Waals surface area contributed by atoms with E-state index in [9.17, 15) is 0 Å². The van der Waals surface area contributed by atoms with Gasteiger partial charge in [-0.3, -0.25) is 0 Å². The van der Waals surface area contributed by atoms with Crippen molar-refractivity contribution in [3.8, 4) is 0 Å². The molecule has 0 rings (SSSR count). The normalized spacial score (nSPS) is 12.5. The maximum atomic E-state index is 3.25. The molecule has 0 amide bonds. The van der Waals surface area contributed by atoms with Crippen LogP contribution in [0, 0.1) is 31.6 Å². The van der Waals surface area contributed by atoms with Gasteiger partial charge in [-0.1, -0.05) is 13.8 Å². The first-order valence-corrected chi connectivity index (χ1v) is 4.50. The molecule has 2 heteroatoms. The van der Waals surface area contributed by atoms with E-state index in [2.05, 4.69) is 47.5 Å². The predicted octanol–water partition coefficient (Wildman–Crippen LogP) is 3.93. The molecule has 0 fully saturated rings. The van der Waals surface area contributed by atoms with E-state index in [1.165, 1.54) is 6.42 Å². The fraction of sp³-hybridized carbons (Fsp3) is 0.727. The van der Waals surface area contributed by atoms with Gasteiger partial charge in [-0.25, -0.2) is 0 Å². The van der Waals surface area contributed by atoms with E-state index >= 15 is 0 Å². The van der Waals surface area contributed by atoms with Crippen LogP contribution in [0.15, 0.2) is 0 Å². The molecule has 0 aromatic heterocycles. The van der Waals surface area contributed by atoms with Crippen LogP contribution in [0.3, 0.4) is 0 Å². The molecule has 0 aliphatic heterocycles. The molecule has 2 radical (unpaired) electrons. The molecule has 0 bridgehead atoms. The Kier molecular flexibility index (Phi) is 37.1. The summed E-state index contributed by atoms with van der Waals surface area (Å²) >= 11 is 0. The Bertz CT molecular complexity index is 57.1. The van der Waals surface area contributed by atoms with Crippen LogP contribution in [-0.4, -0.2) is 0 Å². The third-order valence-electron chi connectivity index (χ3n) is 1.88. The van der Waals surface area contributed by atoms with E-state index in [0.29, 0.717) is 0 Å². The minimum absolute atomic E-state index is 0. The molecule has 0 aliphatic rings. The molecule has 76 valence electrons. The molecule has 0 aromatic rings. The molecular weight excluding hydrogens is 310 g/mol. The van der Waals surface area contributed by atoms with Gasteiger partial charge in [0.1, 0.15) is 0 Å². The van der Waals surface area contributed by atoms with Crippen molar-refractivity contribution >= 4 is 0 Å². The number of hydrogen-bond donors (Lipinski definition) is 0. The summed E-state index contributed by atoms with van der Waals surface area (Å²) < 4.78 is 0. The van der Waals surface area contributed by atoms with Crippen molar-refractivity contribution in [2.75, 3.05) is 0 Å². The van der Waals surface area contributed by atoms with Crippen LogP contribution in [-0.2, 0) is 65.4 Å². The van der Waals surface area contributed by atoms with Crippen LogP contribution in [0.25, 0.3) is 0 Å². The van der Waals surface area contributed by atoms with Crippen molar-refractivity contribution in [1.29, 1.82) is 0 Å². The van der Waals surface area contributed by atoms with Gasteiger partial charge in [0.25, 0.3) is 0 Å². The third kappa shape index (κ3) is 20.3. The zero-order valence-electron chi connectivity index (χ0n) is 9.88. The fourth-order valence-corrected chi connectivity index (χ4v) is 0.859. The molecule has 0 heterocycles. The topological polar surface area (TPSA) is 0 Å². The Morgan fingerprint density at radius 1 is 0.923 bits per heavy atom. The van der Waals surface area contributed by atoms with E-state index in [1.807, 2.05) is 0 Å². The molecule has 0 aromatic carbocycles. The molecular formula is C11H23Y2-3. The second kappa shape index (κ2) is 19.7. The monoisotopic (exact) mass is 333 g/mol. The Morgan fingerprint density at radius 2 is 1.15 bits per heavy atom. The average molecular weight is 333 g/mol. The quantitative estimate of drug-likeness (QED) is 0.684. The Hall–Kier alpha value is 2.21. The Balaban J connectivity index is -0.0000000941. The van der Waals surface area contributed by atoms with Gasteiger partial charge in [-0.05, 0) is 0 Å². The first-order valence-electron chi connectivity index (χ1n) is 4.50. The minimum Gasteiger partial charge on any atom is -0.346 e. The first-order chi connectivity index (χ1) is 5.20. The van der Waals surface area contributed by atoms with Crippen molar-refractivity contribution in [3.63, 3.8) is 0 Å². The average Bonchev–Trinajstić information content (AvgIpc) is 2.07. The number of hydrogen-bond acceptors (Lipinski definition) is 0. The van der Waals surface area contributed by atoms with Crippen molar-refractivity contribution in [1.82, 2.24) is 0 Å². The molecule has 0 nitrogen and oxygen atoms in total. The van der Waals surface area contributed by atoms with Gasteiger partial charge in [0, 0.05) is 65.4 Å². The molecule has 13 heavy (non-hydrogen) atoms. The largest absolute Gasteiger partial charge is 0.346 e. The van der Waals surface area contributed by atoms with Gasteiger partial charge in [0.15, 0.2) is 0 Å². The van der Waals surface area contributed by atoms with Crippen LogP contribution < -0.4 is 0 Å². The van der Waals surface area contributed by atoms with E-state index in [-0.39, 0.29) is 65.4 Å². The smallest absolute Gasteiger partial charge is 0 e. The molecule has 0 spiro atoms. The van der Waals surface area contributed by atoms with Gasteiger partial charge in [-0.15, -0.1) is 6.42 Å². The van der Waals surface area contributed by atoms with Crippen molar-refractivity contribution in [2.45, 2.75) is 41.0 Å². The summed E-state index contributed by atoms with van der Waals surface area (Å²) in [5, 5.41) is 0. The second-order valence-corrected chi connectivity index (χ2v) is 2.86. The fourth-order valence-electron chi connectivity index (χ4n) is 0.859. The first kappa shape index (κ1) is 24.4. The van der Waals surface area contributed by atoms with Gasteiger partial charge in [0.05, 0.1) is 0 Å². The van der Waals surface area contributed by atoms with Gasteiger partial charge < -0.3 is 19.8 Å². The Labute approximate surface area is 136 Å². The van der Waals surface area contributed by atoms with Crippen LogP contribution >= 0.6 is 0 Å². The van der Waals surface area contributed by atoms with E-state index in [0.717, 1.165) is 11.8 Å². The van der Waals surface area contributed by atoms with E-state index in [1.54, 1.807) is 6.92 Å². The summed E-state index contributed by atoms with van der Waals surface area (Å²) in [7, 11) is 0. The van der Waals surface area contributed by atoms with E-state index in [4.69, 9.17) is 0 Å². The van der Waals surface area contributed by atoms with Gasteiger partial charge in [-0.2, -0.15) is 32.6 Å². The summed E-state index contributed by atoms with van der Waals surface area (Å²) in [5.74, 6) is 1.55. The molecule has 0 saturated carbocycles. The standard InChI is InChI=1S/C9H18.C2H5.2Y/c1-5-8(3)7-9(4)6-2;1-2;;/h5-6,8-9H,7H2,1-4H3;1H2,2H3;;/q-2;-1;;. The summed E-state index contributed by atoms with van der Waals surface area (Å²) in [6.45, 7) is 13.8. The molecule has 0 N–H and O–H groups in total. The molecule has 2 unspecified atom stereocenters. The van der Waals surface area contributed by atoms with Crippen molar-refractivity contribution < 1.29 is 65.4 Å². The Morgan fingerprint density at radius 3 is 1.31 bits per heavy atom. The molecule has 0 saturated heterocycles. The summed E-state index contributed by atoms with van der Waals surface area (Å²) in [4.78, 5) is 0. The van der Waals surface area contributed by atoms with Gasteiger partial charge in [0.2, 0.25) is 0 Å². The second-order valence-electron chi connectivity index (χ2n) is 2.86. The van der Waals surface area contributed by atoms with Crippen LogP contribution in [0.4, 0.5) is 0 Å². The predicted molar refractivity (Wildman–Crippen MR) is 53.9 cm³/mol. The van der Waals surface area contributed by atoms with Crippen LogP contribution in [0.2, 0.25) is 0 Å². The summed E-state index contributed by atoms with van der Waals surface area (Å²) in [6.07, 6.45) is 5.83. The zero-order valence-corrected chi connectivity index (χ0v) is 15.6. The summed E-state index contributed by atoms with van der Waals surface area (Å²) in [5.41, 5.74) is 0. The zero-order chi connectivity index (χ0) is 9.28.